The molecule has 0 saturated carbocycles. The van der Waals surface area contributed by atoms with E-state index < -0.39 is 43.2 Å². The van der Waals surface area contributed by atoms with Crippen LogP contribution in [0.1, 0.15) is 23.1 Å². The van der Waals surface area contributed by atoms with E-state index >= 15 is 0 Å². The number of rotatable bonds is 3. The second kappa shape index (κ2) is 7.81. The molecule has 30 heavy (non-hydrogen) atoms. The minimum absolute atomic E-state index is 0.137. The van der Waals surface area contributed by atoms with Gasteiger partial charge in [-0.1, -0.05) is 29.5 Å². The predicted octanol–water partition coefficient (Wildman–Crippen LogP) is 3.91. The molecule has 1 fully saturated rings. The zero-order valence-electron chi connectivity index (χ0n) is 15.4. The van der Waals surface area contributed by atoms with Crippen LogP contribution in [0.4, 0.5) is 18.0 Å². The molecule has 1 heterocycles. The lowest BCUT2D eigenvalue weighted by atomic mass is 10.1. The van der Waals surface area contributed by atoms with Gasteiger partial charge in [-0.05, 0) is 55.1 Å². The van der Waals surface area contributed by atoms with E-state index in [2.05, 4.69) is 11.8 Å². The Hall–Kier alpha value is -2.77. The van der Waals surface area contributed by atoms with Crippen molar-refractivity contribution >= 4 is 32.7 Å². The van der Waals surface area contributed by atoms with Crippen LogP contribution in [0.2, 0.25) is 0 Å². The third kappa shape index (κ3) is 4.08. The quantitative estimate of drug-likeness (QED) is 0.713. The van der Waals surface area contributed by atoms with Gasteiger partial charge in [-0.25, -0.2) is 8.42 Å². The van der Waals surface area contributed by atoms with Crippen LogP contribution >= 0.6 is 11.8 Å². The lowest BCUT2D eigenvalue weighted by Gasteiger charge is -2.22. The summed E-state index contributed by atoms with van der Waals surface area (Å²) in [6.07, 6.45) is -5.01. The van der Waals surface area contributed by atoms with Crippen molar-refractivity contribution in [1.29, 1.82) is 0 Å². The van der Waals surface area contributed by atoms with Gasteiger partial charge in [0, 0.05) is 12.0 Å². The molecule has 3 rings (SSSR count). The molecule has 0 aliphatic carbocycles. The van der Waals surface area contributed by atoms with Crippen LogP contribution in [-0.4, -0.2) is 23.6 Å². The molecule has 10 heteroatoms. The van der Waals surface area contributed by atoms with Gasteiger partial charge in [0.25, 0.3) is 11.1 Å². The minimum atomic E-state index is -4.49. The fourth-order valence-corrected chi connectivity index (χ4v) is 5.83. The molecule has 1 N–H and O–H groups in total. The summed E-state index contributed by atoms with van der Waals surface area (Å²) in [6.45, 7) is 1.77. The maximum Gasteiger partial charge on any atom is 0.416 e. The molecule has 2 amide bonds. The number of alkyl halides is 3. The van der Waals surface area contributed by atoms with E-state index in [9.17, 15) is 31.2 Å². The maximum atomic E-state index is 13.2. The van der Waals surface area contributed by atoms with Gasteiger partial charge in [-0.15, -0.1) is 0 Å². The summed E-state index contributed by atoms with van der Waals surface area (Å²) in [5.74, 6) is 4.09. The SMILES string of the molecule is Cc1ccc(S(=O)(=O)C2(CC#Cc3ccc(C(F)(F)F)cc3)SC(=O)NC2=O)cc1. The summed E-state index contributed by atoms with van der Waals surface area (Å²) in [7, 11) is -4.30. The number of amides is 2. The summed E-state index contributed by atoms with van der Waals surface area (Å²) in [5.41, 5.74) is 0.174. The number of carbonyl (C=O) groups excluding carboxylic acids is 2. The van der Waals surface area contributed by atoms with Crippen LogP contribution in [0.25, 0.3) is 0 Å². The number of aryl methyl sites for hydroxylation is 1. The van der Waals surface area contributed by atoms with Crippen molar-refractivity contribution in [3.63, 3.8) is 0 Å². The van der Waals surface area contributed by atoms with Crippen molar-refractivity contribution in [3.8, 4) is 11.8 Å². The van der Waals surface area contributed by atoms with E-state index in [0.717, 1.165) is 29.8 Å². The lowest BCUT2D eigenvalue weighted by molar-refractivity contribution is -0.137. The van der Waals surface area contributed by atoms with Crippen molar-refractivity contribution in [2.75, 3.05) is 0 Å². The number of hydrogen-bond acceptors (Lipinski definition) is 5. The van der Waals surface area contributed by atoms with Gasteiger partial charge in [-0.3, -0.25) is 14.9 Å². The monoisotopic (exact) mass is 453 g/mol. The molecule has 1 atom stereocenters. The summed E-state index contributed by atoms with van der Waals surface area (Å²) in [4.78, 5) is 24.1. The first-order valence-electron chi connectivity index (χ1n) is 8.47. The van der Waals surface area contributed by atoms with Crippen molar-refractivity contribution in [2.45, 2.75) is 28.5 Å². The van der Waals surface area contributed by atoms with Gasteiger partial charge in [0.05, 0.1) is 10.5 Å². The average molecular weight is 453 g/mol. The summed E-state index contributed by atoms with van der Waals surface area (Å²) in [6, 6.07) is 9.79. The highest BCUT2D eigenvalue weighted by Crippen LogP contribution is 2.43. The number of halogens is 3. The molecule has 5 nitrogen and oxygen atoms in total. The number of thioether (sulfide) groups is 1. The Balaban J connectivity index is 1.95. The van der Waals surface area contributed by atoms with Gasteiger partial charge in [0.1, 0.15) is 0 Å². The molecule has 1 unspecified atom stereocenters. The Bertz CT molecular complexity index is 1160. The summed E-state index contributed by atoms with van der Waals surface area (Å²) < 4.78 is 62.1. The second-order valence-corrected chi connectivity index (χ2v) is 10.2. The Morgan fingerprint density at radius 3 is 2.13 bits per heavy atom. The standard InChI is InChI=1S/C20H14F3NO4S2/c1-13-4-10-16(11-5-13)30(27,28)19(17(25)24-18(26)29-19)12-2-3-14-6-8-15(9-7-14)20(21,22)23/h4-11H,12H2,1H3,(H,24,25,26). The first kappa shape index (κ1) is 21.9. The van der Waals surface area contributed by atoms with Crippen LogP contribution < -0.4 is 5.32 Å². The Labute approximate surface area is 175 Å². The molecule has 0 bridgehead atoms. The summed E-state index contributed by atoms with van der Waals surface area (Å²) in [5, 5.41) is 1.17. The van der Waals surface area contributed by atoms with Gasteiger partial charge in [0.2, 0.25) is 13.9 Å². The van der Waals surface area contributed by atoms with E-state index in [-0.39, 0.29) is 10.5 Å². The topological polar surface area (TPSA) is 80.3 Å². The summed E-state index contributed by atoms with van der Waals surface area (Å²) >= 11 is 0.329. The van der Waals surface area contributed by atoms with Crippen molar-refractivity contribution in [2.24, 2.45) is 0 Å². The fourth-order valence-electron chi connectivity index (χ4n) is 2.71. The molecular weight excluding hydrogens is 439 g/mol. The molecule has 0 radical (unpaired) electrons. The Morgan fingerprint density at radius 2 is 1.63 bits per heavy atom. The van der Waals surface area contributed by atoms with Crippen LogP contribution in [-0.2, 0) is 20.8 Å². The largest absolute Gasteiger partial charge is 0.416 e. The highest BCUT2D eigenvalue weighted by atomic mass is 32.3. The molecule has 0 aromatic heterocycles. The highest BCUT2D eigenvalue weighted by Gasteiger charge is 2.58. The lowest BCUT2D eigenvalue weighted by Crippen LogP contribution is -2.43. The number of nitrogens with one attached hydrogen (secondary N) is 1. The third-order valence-corrected chi connectivity index (χ3v) is 8.30. The Kier molecular flexibility index (Phi) is 5.71. The molecule has 1 saturated heterocycles. The minimum Gasteiger partial charge on any atom is -0.285 e. The number of hydrogen-bond donors (Lipinski definition) is 1. The van der Waals surface area contributed by atoms with Crippen molar-refractivity contribution < 1.29 is 31.2 Å². The van der Waals surface area contributed by atoms with E-state index in [1.54, 1.807) is 19.1 Å². The van der Waals surface area contributed by atoms with Gasteiger partial charge in [0.15, 0.2) is 0 Å². The van der Waals surface area contributed by atoms with Crippen LogP contribution in [0.3, 0.4) is 0 Å². The number of imide groups is 1. The number of benzene rings is 2. The van der Waals surface area contributed by atoms with E-state index in [1.807, 2.05) is 5.32 Å². The third-order valence-electron chi connectivity index (χ3n) is 4.35. The van der Waals surface area contributed by atoms with Crippen LogP contribution in [0.5, 0.6) is 0 Å². The molecule has 1 aliphatic rings. The van der Waals surface area contributed by atoms with Gasteiger partial charge >= 0.3 is 6.18 Å². The smallest absolute Gasteiger partial charge is 0.285 e. The van der Waals surface area contributed by atoms with Crippen molar-refractivity contribution in [3.05, 3.63) is 65.2 Å². The molecule has 2 aromatic rings. The molecule has 1 aliphatic heterocycles. The molecular formula is C20H14F3NO4S2. The Morgan fingerprint density at radius 1 is 1.03 bits per heavy atom. The van der Waals surface area contributed by atoms with E-state index in [4.69, 9.17) is 0 Å². The molecule has 0 spiro atoms. The fraction of sp³-hybridized carbons (Fsp3) is 0.200. The number of sulfone groups is 1. The van der Waals surface area contributed by atoms with Gasteiger partial charge in [-0.2, -0.15) is 13.2 Å². The average Bonchev–Trinajstić information content (AvgIpc) is 2.96. The zero-order chi connectivity index (χ0) is 22.2. The predicted molar refractivity (Wildman–Crippen MR) is 105 cm³/mol. The maximum absolute atomic E-state index is 13.2. The van der Waals surface area contributed by atoms with Crippen LogP contribution in [0.15, 0.2) is 53.4 Å². The second-order valence-electron chi connectivity index (χ2n) is 6.47. The van der Waals surface area contributed by atoms with Crippen LogP contribution in [0, 0.1) is 18.8 Å². The van der Waals surface area contributed by atoms with E-state index in [0.29, 0.717) is 11.8 Å². The van der Waals surface area contributed by atoms with Gasteiger partial charge < -0.3 is 0 Å². The molecule has 156 valence electrons. The molecule has 2 aromatic carbocycles. The first-order valence-corrected chi connectivity index (χ1v) is 10.8. The zero-order valence-corrected chi connectivity index (χ0v) is 17.0. The first-order chi connectivity index (χ1) is 14.0. The van der Waals surface area contributed by atoms with Crippen molar-refractivity contribution in [1.82, 2.24) is 5.32 Å². The number of carbonyl (C=O) groups is 2. The normalized spacial score (nSPS) is 19.2. The van der Waals surface area contributed by atoms with E-state index in [1.165, 1.54) is 12.1 Å². The highest BCUT2D eigenvalue weighted by molar-refractivity contribution is 8.25.